The molecule has 0 saturated carbocycles. The highest BCUT2D eigenvalue weighted by Gasteiger charge is 2.37. The summed E-state index contributed by atoms with van der Waals surface area (Å²) in [5, 5.41) is 0. The molecule has 8 aromatic carbocycles. The maximum atomic E-state index is 2.41. The molecular weight excluding hydrogens is 627 g/mol. The third-order valence-corrected chi connectivity index (χ3v) is 10.7. The Hall–Kier alpha value is -6.44. The topological polar surface area (TPSA) is 3.24 Å². The minimum atomic E-state index is -0.0668. The van der Waals surface area contributed by atoms with E-state index < -0.39 is 0 Å². The van der Waals surface area contributed by atoms with Crippen molar-refractivity contribution in [3.63, 3.8) is 0 Å². The monoisotopic (exact) mass is 665 g/mol. The molecule has 0 N–H and O–H groups in total. The van der Waals surface area contributed by atoms with Crippen LogP contribution in [0.2, 0.25) is 0 Å². The van der Waals surface area contributed by atoms with Gasteiger partial charge in [0.1, 0.15) is 0 Å². The van der Waals surface area contributed by atoms with Crippen LogP contribution >= 0.6 is 0 Å². The molecule has 0 radical (unpaired) electrons. The van der Waals surface area contributed by atoms with Crippen molar-refractivity contribution in [3.05, 3.63) is 211 Å². The highest BCUT2D eigenvalue weighted by Crippen LogP contribution is 2.53. The van der Waals surface area contributed by atoms with Gasteiger partial charge in [0.25, 0.3) is 0 Å². The lowest BCUT2D eigenvalue weighted by Crippen LogP contribution is -2.14. The summed E-state index contributed by atoms with van der Waals surface area (Å²) in [5.74, 6) is 0. The minimum Gasteiger partial charge on any atom is -0.310 e. The normalized spacial score (nSPS) is 12.6. The summed E-state index contributed by atoms with van der Waals surface area (Å²) in [6.45, 7) is 4.71. The zero-order valence-corrected chi connectivity index (χ0v) is 29.5. The number of anilines is 3. The Labute approximate surface area is 307 Å². The lowest BCUT2D eigenvalue weighted by molar-refractivity contribution is 0.660. The summed E-state index contributed by atoms with van der Waals surface area (Å²) in [5.41, 5.74) is 18.5. The highest BCUT2D eigenvalue weighted by molar-refractivity contribution is 5.94. The molecule has 1 aliphatic rings. The van der Waals surface area contributed by atoms with E-state index in [1.54, 1.807) is 0 Å². The van der Waals surface area contributed by atoms with Gasteiger partial charge in [0.05, 0.1) is 0 Å². The van der Waals surface area contributed by atoms with Crippen LogP contribution in [0, 0.1) is 0 Å². The average molecular weight is 666 g/mol. The van der Waals surface area contributed by atoms with Crippen molar-refractivity contribution >= 4 is 17.1 Å². The number of hydrogen-bond acceptors (Lipinski definition) is 1. The van der Waals surface area contributed by atoms with E-state index in [9.17, 15) is 0 Å². The van der Waals surface area contributed by atoms with Crippen LogP contribution in [0.25, 0.3) is 55.6 Å². The van der Waals surface area contributed by atoms with E-state index in [2.05, 4.69) is 219 Å². The number of rotatable bonds is 7. The van der Waals surface area contributed by atoms with Crippen LogP contribution < -0.4 is 4.90 Å². The van der Waals surface area contributed by atoms with Crippen molar-refractivity contribution < 1.29 is 0 Å². The highest BCUT2D eigenvalue weighted by atomic mass is 15.1. The van der Waals surface area contributed by atoms with Gasteiger partial charge in [-0.3, -0.25) is 0 Å². The second kappa shape index (κ2) is 13.0. The summed E-state index contributed by atoms with van der Waals surface area (Å²) < 4.78 is 0. The van der Waals surface area contributed by atoms with Crippen LogP contribution in [0.15, 0.2) is 200 Å². The van der Waals surface area contributed by atoms with E-state index in [0.29, 0.717) is 0 Å². The predicted octanol–water partition coefficient (Wildman–Crippen LogP) is 14.1. The first-order chi connectivity index (χ1) is 25.5. The number of hydrogen-bond donors (Lipinski definition) is 0. The van der Waals surface area contributed by atoms with Gasteiger partial charge in [0.15, 0.2) is 0 Å². The van der Waals surface area contributed by atoms with Crippen molar-refractivity contribution in [1.29, 1.82) is 0 Å². The van der Waals surface area contributed by atoms with Crippen LogP contribution in [0.1, 0.15) is 25.0 Å². The fourth-order valence-corrected chi connectivity index (χ4v) is 7.98. The zero-order chi connectivity index (χ0) is 35.1. The molecule has 0 amide bonds. The van der Waals surface area contributed by atoms with E-state index in [1.807, 2.05) is 0 Å². The maximum Gasteiger partial charge on any atom is 0.0467 e. The fraction of sp³-hybridized carbons (Fsp3) is 0.0588. The molecule has 0 aromatic heterocycles. The van der Waals surface area contributed by atoms with Gasteiger partial charge in [-0.05, 0) is 109 Å². The number of fused-ring (bicyclic) bond motifs is 3. The van der Waals surface area contributed by atoms with Gasteiger partial charge >= 0.3 is 0 Å². The molecule has 0 fully saturated rings. The molecule has 0 saturated heterocycles. The Bertz CT molecular complexity index is 2500. The first kappa shape index (κ1) is 31.5. The maximum absolute atomic E-state index is 2.41. The molecule has 1 nitrogen and oxygen atoms in total. The lowest BCUT2D eigenvalue weighted by atomic mass is 9.81. The Kier molecular flexibility index (Phi) is 7.90. The molecule has 0 heterocycles. The zero-order valence-electron chi connectivity index (χ0n) is 29.5. The molecule has 0 bridgehead atoms. The summed E-state index contributed by atoms with van der Waals surface area (Å²) in [7, 11) is 0. The van der Waals surface area contributed by atoms with Crippen molar-refractivity contribution in [2.75, 3.05) is 4.90 Å². The lowest BCUT2D eigenvalue weighted by Gasteiger charge is -2.26. The molecule has 0 spiro atoms. The van der Waals surface area contributed by atoms with Crippen LogP contribution in [-0.2, 0) is 5.41 Å². The van der Waals surface area contributed by atoms with E-state index in [4.69, 9.17) is 0 Å². The quantitative estimate of drug-likeness (QED) is 0.164. The van der Waals surface area contributed by atoms with Gasteiger partial charge in [-0.2, -0.15) is 0 Å². The Balaban J connectivity index is 1.12. The van der Waals surface area contributed by atoms with Crippen molar-refractivity contribution in [2.45, 2.75) is 19.3 Å². The standard InChI is InChI=1S/C51H39N/c1-51(2)48-33-28-42(35-47(48)50-46(22-13-23-49(50)51)40-18-10-5-11-19-40)39-26-31-44(32-27-39)52(43-29-24-38(25-30-43)36-14-6-3-7-15-36)45-21-12-20-41(34-45)37-16-8-4-9-17-37/h3-35H,1-2H3. The first-order valence-corrected chi connectivity index (χ1v) is 18.1. The van der Waals surface area contributed by atoms with E-state index in [1.165, 1.54) is 66.8 Å². The van der Waals surface area contributed by atoms with Gasteiger partial charge in [-0.15, -0.1) is 0 Å². The Morgan fingerprint density at radius 3 is 1.38 bits per heavy atom. The molecule has 52 heavy (non-hydrogen) atoms. The minimum absolute atomic E-state index is 0.0668. The fourth-order valence-electron chi connectivity index (χ4n) is 7.98. The van der Waals surface area contributed by atoms with Crippen molar-refractivity contribution in [2.24, 2.45) is 0 Å². The molecular formula is C51H39N. The average Bonchev–Trinajstić information content (AvgIpc) is 3.45. The van der Waals surface area contributed by atoms with Crippen LogP contribution in [0.4, 0.5) is 17.1 Å². The van der Waals surface area contributed by atoms with Gasteiger partial charge in [0, 0.05) is 22.5 Å². The van der Waals surface area contributed by atoms with Crippen LogP contribution in [0.3, 0.4) is 0 Å². The number of nitrogens with zero attached hydrogens (tertiary/aromatic N) is 1. The molecule has 1 aliphatic carbocycles. The van der Waals surface area contributed by atoms with E-state index >= 15 is 0 Å². The summed E-state index contributed by atoms with van der Waals surface area (Å²) in [6.07, 6.45) is 0. The van der Waals surface area contributed by atoms with E-state index in [0.717, 1.165) is 17.1 Å². The van der Waals surface area contributed by atoms with E-state index in [-0.39, 0.29) is 5.41 Å². The van der Waals surface area contributed by atoms with Crippen molar-refractivity contribution in [1.82, 2.24) is 0 Å². The molecule has 248 valence electrons. The molecule has 0 aliphatic heterocycles. The third kappa shape index (κ3) is 5.61. The second-order valence-corrected chi connectivity index (χ2v) is 14.2. The smallest absolute Gasteiger partial charge is 0.0467 e. The number of benzene rings is 8. The second-order valence-electron chi connectivity index (χ2n) is 14.2. The molecule has 9 rings (SSSR count). The van der Waals surface area contributed by atoms with Crippen molar-refractivity contribution in [3.8, 4) is 55.6 Å². The summed E-state index contributed by atoms with van der Waals surface area (Å²) in [4.78, 5) is 2.36. The Morgan fingerprint density at radius 2 is 0.769 bits per heavy atom. The van der Waals surface area contributed by atoms with Crippen LogP contribution in [0.5, 0.6) is 0 Å². The van der Waals surface area contributed by atoms with Gasteiger partial charge < -0.3 is 4.90 Å². The predicted molar refractivity (Wildman–Crippen MR) is 220 cm³/mol. The SMILES string of the molecule is CC1(C)c2ccc(-c3ccc(N(c4ccc(-c5ccccc5)cc4)c4cccc(-c5ccccc5)c4)cc3)cc2-c2c(-c3ccccc3)cccc21. The van der Waals surface area contributed by atoms with Gasteiger partial charge in [0.2, 0.25) is 0 Å². The molecule has 8 aromatic rings. The first-order valence-electron chi connectivity index (χ1n) is 18.1. The summed E-state index contributed by atoms with van der Waals surface area (Å²) >= 11 is 0. The summed E-state index contributed by atoms with van der Waals surface area (Å²) in [6, 6.07) is 72.6. The van der Waals surface area contributed by atoms with Gasteiger partial charge in [-0.1, -0.05) is 172 Å². The molecule has 0 atom stereocenters. The van der Waals surface area contributed by atoms with Crippen LogP contribution in [-0.4, -0.2) is 0 Å². The largest absolute Gasteiger partial charge is 0.310 e. The third-order valence-electron chi connectivity index (χ3n) is 10.7. The molecule has 0 unspecified atom stereocenters. The Morgan fingerprint density at radius 1 is 0.308 bits per heavy atom. The van der Waals surface area contributed by atoms with Gasteiger partial charge in [-0.25, -0.2) is 0 Å². The molecule has 1 heteroatoms.